The number of nitrogens with one attached hydrogen (secondary N) is 7. The van der Waals surface area contributed by atoms with E-state index in [1.165, 1.54) is 54.0 Å². The third-order valence-corrected chi connectivity index (χ3v) is 15.9. The number of hydrogen-bond donors (Lipinski definition) is 9. The zero-order chi connectivity index (χ0) is 70.3. The standard InChI is InChI=1S/C67H75N13O18/c1-37(2)58(76-55(83)22-26-95-28-29-96-27-23-68-53(81)21-24-78-56(84)19-20-57(78)85)62(87)69-39(4)61(86)70-43-14-9-40(10-15-43)36-98-67(93)80-48-33-51(50(94-6)32-45(48)64(89)79-34-38(3)30-49(79)65(80)90)97-25-7-8-54(82)74-52-35-77(5)60(75-52)63(88)71-44-16-11-41(12-17-44)59-72-46-18-13-42(66(91)92)31-47(46)73-59/h9-20,31-33,35,37,39,49,58,65,90H,3,7-8,21-30,34,36H2,1-2,4-6H3,(H,68,81)(H,69,87)(H,70,86)(H,71,88)(H,72,73)(H,74,82)(H,76,83)(H,91,92)/t39-,49-,58-,65-/m0/s1. The van der Waals surface area contributed by atoms with Gasteiger partial charge in [0.25, 0.3) is 23.6 Å². The number of amides is 10. The molecule has 0 unspecified atom stereocenters. The lowest BCUT2D eigenvalue weighted by Crippen LogP contribution is -2.53. The van der Waals surface area contributed by atoms with Crippen LogP contribution >= 0.6 is 0 Å². The minimum Gasteiger partial charge on any atom is -0.493 e. The number of rotatable bonds is 31. The number of H-pyrrole nitrogens is 1. The van der Waals surface area contributed by atoms with Crippen molar-refractivity contribution in [2.45, 2.75) is 83.8 Å². The highest BCUT2D eigenvalue weighted by Crippen LogP contribution is 2.42. The fourth-order valence-electron chi connectivity index (χ4n) is 10.7. The van der Waals surface area contributed by atoms with E-state index < -0.39 is 83.7 Å². The molecule has 2 aromatic heterocycles. The fourth-order valence-corrected chi connectivity index (χ4v) is 10.7. The molecule has 98 heavy (non-hydrogen) atoms. The minimum absolute atomic E-state index is 0.00331. The quantitative estimate of drug-likeness (QED) is 0.0165. The van der Waals surface area contributed by atoms with Gasteiger partial charge in [0.05, 0.1) is 74.0 Å². The van der Waals surface area contributed by atoms with Gasteiger partial charge in [-0.15, -0.1) is 0 Å². The number of aromatic nitrogens is 4. The topological polar surface area (TPSA) is 403 Å². The molecule has 4 aromatic carbocycles. The van der Waals surface area contributed by atoms with Gasteiger partial charge in [-0.05, 0) is 91.9 Å². The van der Waals surface area contributed by atoms with Crippen molar-refractivity contribution in [1.29, 1.82) is 0 Å². The third-order valence-electron chi connectivity index (χ3n) is 15.9. The molecule has 0 radical (unpaired) electrons. The molecule has 1 fully saturated rings. The number of aryl methyl sites for hydroxylation is 1. The Morgan fingerprint density at radius 3 is 2.16 bits per heavy atom. The van der Waals surface area contributed by atoms with E-state index in [0.717, 1.165) is 22.0 Å². The van der Waals surface area contributed by atoms with E-state index in [0.29, 0.717) is 44.9 Å². The SMILES string of the molecule is C=C1C[C@H]2[C@H](O)N(C(=O)OCc3ccc(NC(=O)[C@H](C)NC(=O)[C@@H](NC(=O)CCOCCOCCNC(=O)CCN4C(=O)C=CC4=O)C(C)C)cc3)c3cc(OCCCC(=O)Nc4cn(C)c(C(=O)Nc5ccc(-c6nc7ccc(C(=O)O)cc7[nH]6)cc5)n4)c(OC)cc3C(=O)N2C1. The summed E-state index contributed by atoms with van der Waals surface area (Å²) in [5.74, 6) is -4.97. The van der Waals surface area contributed by atoms with Crippen LogP contribution in [0.25, 0.3) is 22.4 Å². The molecule has 4 atom stereocenters. The number of imide groups is 1. The number of imidazole rings is 2. The number of fused-ring (bicyclic) bond motifs is 3. The molecule has 1 saturated heterocycles. The van der Waals surface area contributed by atoms with Crippen LogP contribution in [0.15, 0.2) is 109 Å². The molecule has 9 N–H and O–H groups in total. The first-order valence-electron chi connectivity index (χ1n) is 31.3. The second-order valence-electron chi connectivity index (χ2n) is 23.5. The lowest BCUT2D eigenvalue weighted by molar-refractivity contribution is -0.137. The molecule has 6 aromatic rings. The molecule has 0 aliphatic carbocycles. The number of carboxylic acid groups (broad SMARTS) is 1. The number of carbonyl (C=O) groups excluding carboxylic acids is 10. The normalized spacial score (nSPS) is 15.5. The van der Waals surface area contributed by atoms with Gasteiger partial charge < -0.3 is 80.2 Å². The smallest absolute Gasteiger partial charge is 0.416 e. The number of aliphatic hydroxyl groups excluding tert-OH is 1. The van der Waals surface area contributed by atoms with E-state index in [1.54, 1.807) is 75.5 Å². The first kappa shape index (κ1) is 71.0. The van der Waals surface area contributed by atoms with Gasteiger partial charge in [-0.2, -0.15) is 0 Å². The maximum absolute atomic E-state index is 14.2. The summed E-state index contributed by atoms with van der Waals surface area (Å²) >= 11 is 0. The van der Waals surface area contributed by atoms with Crippen molar-refractivity contribution < 1.29 is 86.6 Å². The van der Waals surface area contributed by atoms with Gasteiger partial charge in [0.15, 0.2) is 23.5 Å². The summed E-state index contributed by atoms with van der Waals surface area (Å²) in [5.41, 5.74) is 3.85. The van der Waals surface area contributed by atoms with Gasteiger partial charge in [-0.3, -0.25) is 48.1 Å². The van der Waals surface area contributed by atoms with Crippen LogP contribution in [-0.4, -0.2) is 189 Å². The van der Waals surface area contributed by atoms with Crippen LogP contribution in [0.3, 0.4) is 0 Å². The predicted molar refractivity (Wildman–Crippen MR) is 352 cm³/mol. The van der Waals surface area contributed by atoms with Crippen molar-refractivity contribution in [3.63, 3.8) is 0 Å². The molecular formula is C67H75N13O18. The van der Waals surface area contributed by atoms with Crippen LogP contribution in [0.4, 0.5) is 27.7 Å². The van der Waals surface area contributed by atoms with E-state index in [4.69, 9.17) is 23.7 Å². The number of aromatic carboxylic acids is 1. The largest absolute Gasteiger partial charge is 0.493 e. The van der Waals surface area contributed by atoms with Crippen molar-refractivity contribution in [2.24, 2.45) is 13.0 Å². The lowest BCUT2D eigenvalue weighted by atomic mass is 10.0. The van der Waals surface area contributed by atoms with Crippen molar-refractivity contribution in [3.05, 3.63) is 132 Å². The number of aromatic amines is 1. The monoisotopic (exact) mass is 1350 g/mol. The molecule has 10 amide bonds. The minimum atomic E-state index is -1.61. The van der Waals surface area contributed by atoms with Crippen molar-refractivity contribution >= 4 is 99.1 Å². The molecule has 31 heteroatoms. The number of carboxylic acids is 1. The van der Waals surface area contributed by atoms with Crippen LogP contribution in [0.5, 0.6) is 11.5 Å². The van der Waals surface area contributed by atoms with Crippen LogP contribution in [0.1, 0.15) is 89.8 Å². The molecule has 0 spiro atoms. The number of carbonyl (C=O) groups is 11. The summed E-state index contributed by atoms with van der Waals surface area (Å²) in [7, 11) is 2.96. The van der Waals surface area contributed by atoms with E-state index in [-0.39, 0.29) is 143 Å². The van der Waals surface area contributed by atoms with E-state index in [9.17, 15) is 63.0 Å². The van der Waals surface area contributed by atoms with Gasteiger partial charge in [-0.25, -0.2) is 24.5 Å². The Kier molecular flexibility index (Phi) is 23.5. The summed E-state index contributed by atoms with van der Waals surface area (Å²) < 4.78 is 29.9. The molecule has 5 heterocycles. The number of methoxy groups -OCH3 is 1. The molecule has 0 bridgehead atoms. The number of aliphatic hydroxyl groups is 1. The molecule has 31 nitrogen and oxygen atoms in total. The summed E-state index contributed by atoms with van der Waals surface area (Å²) in [6.45, 7) is 9.43. The van der Waals surface area contributed by atoms with Crippen LogP contribution < -0.4 is 46.3 Å². The maximum Gasteiger partial charge on any atom is 0.416 e. The van der Waals surface area contributed by atoms with Crippen molar-refractivity contribution in [3.8, 4) is 22.9 Å². The van der Waals surface area contributed by atoms with Gasteiger partial charge in [0.1, 0.15) is 24.5 Å². The zero-order valence-electron chi connectivity index (χ0n) is 54.3. The van der Waals surface area contributed by atoms with Gasteiger partial charge >= 0.3 is 12.1 Å². The summed E-state index contributed by atoms with van der Waals surface area (Å²) in [5, 5.41) is 37.5. The molecule has 516 valence electrons. The summed E-state index contributed by atoms with van der Waals surface area (Å²) in [6.07, 6.45) is 1.34. The highest BCUT2D eigenvalue weighted by molar-refractivity contribution is 6.13. The highest BCUT2D eigenvalue weighted by Gasteiger charge is 2.46. The first-order valence-corrected chi connectivity index (χ1v) is 31.3. The third kappa shape index (κ3) is 18.0. The molecule has 9 rings (SSSR count). The van der Waals surface area contributed by atoms with Crippen LogP contribution in [0.2, 0.25) is 0 Å². The Bertz CT molecular complexity index is 4050. The summed E-state index contributed by atoms with van der Waals surface area (Å²) in [4.78, 5) is 156. The second kappa shape index (κ2) is 32.4. The number of ether oxygens (including phenoxy) is 5. The highest BCUT2D eigenvalue weighted by atomic mass is 16.6. The fraction of sp³-hybridized carbons (Fsp3) is 0.358. The molecule has 0 saturated carbocycles. The lowest BCUT2D eigenvalue weighted by Gasteiger charge is -2.31. The van der Waals surface area contributed by atoms with Gasteiger partial charge in [-0.1, -0.05) is 38.1 Å². The van der Waals surface area contributed by atoms with Crippen molar-refractivity contribution in [1.82, 2.24) is 45.3 Å². The van der Waals surface area contributed by atoms with E-state index in [1.807, 2.05) is 0 Å². The Morgan fingerprint density at radius 1 is 0.755 bits per heavy atom. The summed E-state index contributed by atoms with van der Waals surface area (Å²) in [6, 6.07) is 17.5. The van der Waals surface area contributed by atoms with E-state index in [2.05, 4.69) is 53.4 Å². The first-order chi connectivity index (χ1) is 46.9. The Balaban J connectivity index is 0.714. The Hall–Kier alpha value is -11.3. The van der Waals surface area contributed by atoms with Gasteiger partial charge in [0.2, 0.25) is 35.4 Å². The molecule has 3 aliphatic heterocycles. The molecular weight excluding hydrogens is 1270 g/mol. The Morgan fingerprint density at radius 2 is 1.46 bits per heavy atom. The number of anilines is 4. The zero-order valence-corrected chi connectivity index (χ0v) is 54.3. The van der Waals surface area contributed by atoms with Crippen molar-refractivity contribution in [2.75, 3.05) is 80.6 Å². The average molecular weight is 1350 g/mol. The van der Waals surface area contributed by atoms with E-state index >= 15 is 0 Å². The van der Waals surface area contributed by atoms with Crippen LogP contribution in [0, 0.1) is 5.92 Å². The maximum atomic E-state index is 14.2. The number of benzene rings is 4. The Labute approximate surface area is 561 Å². The number of hydrogen-bond acceptors (Lipinski definition) is 19. The number of nitrogens with zero attached hydrogens (tertiary/aromatic N) is 6. The molecule has 3 aliphatic rings. The average Bonchev–Trinajstić information content (AvgIpc) is 1.58. The second-order valence-corrected chi connectivity index (χ2v) is 23.5. The van der Waals surface area contributed by atoms with Gasteiger partial charge in [0, 0.05) is 87.3 Å². The van der Waals surface area contributed by atoms with Crippen LogP contribution in [-0.2, 0) is 61.4 Å². The predicted octanol–water partition coefficient (Wildman–Crippen LogP) is 4.40.